The van der Waals surface area contributed by atoms with Crippen molar-refractivity contribution < 1.29 is 0 Å². The first-order valence-corrected chi connectivity index (χ1v) is 8.54. The van der Waals surface area contributed by atoms with Crippen LogP contribution in [0.4, 0.5) is 17.6 Å². The lowest BCUT2D eigenvalue weighted by Crippen LogP contribution is -2.30. The number of nitrogens with one attached hydrogen (secondary N) is 2. The Morgan fingerprint density at radius 2 is 2.14 bits per heavy atom. The van der Waals surface area contributed by atoms with Crippen molar-refractivity contribution in [1.82, 2.24) is 15.3 Å². The van der Waals surface area contributed by atoms with Crippen molar-refractivity contribution in [1.29, 1.82) is 0 Å². The van der Waals surface area contributed by atoms with Crippen molar-refractivity contribution in [3.63, 3.8) is 0 Å². The Labute approximate surface area is 131 Å². The minimum Gasteiger partial charge on any atom is -0.368 e. The number of rotatable bonds is 4. The summed E-state index contributed by atoms with van der Waals surface area (Å²) in [5.74, 6) is 3.97. The Balaban J connectivity index is 1.49. The van der Waals surface area contributed by atoms with E-state index >= 15 is 0 Å². The number of nitrogen functional groups attached to an aromatic ring is 1. The fourth-order valence-corrected chi connectivity index (χ4v) is 4.50. The van der Waals surface area contributed by atoms with Crippen LogP contribution >= 0.6 is 0 Å². The molecule has 0 aromatic carbocycles. The highest BCUT2D eigenvalue weighted by Crippen LogP contribution is 2.45. The van der Waals surface area contributed by atoms with E-state index < -0.39 is 0 Å². The third kappa shape index (κ3) is 2.60. The van der Waals surface area contributed by atoms with E-state index in [1.54, 1.807) is 0 Å². The van der Waals surface area contributed by atoms with Gasteiger partial charge in [-0.05, 0) is 44.6 Å². The first-order valence-electron chi connectivity index (χ1n) is 8.54. The highest BCUT2D eigenvalue weighted by molar-refractivity contribution is 5.54. The van der Waals surface area contributed by atoms with E-state index in [0.717, 1.165) is 43.0 Å². The molecular formula is C16H26N6. The van der Waals surface area contributed by atoms with Crippen molar-refractivity contribution >= 4 is 17.6 Å². The number of hydrogen-bond acceptors (Lipinski definition) is 6. The highest BCUT2D eigenvalue weighted by Gasteiger charge is 2.39. The second-order valence-corrected chi connectivity index (χ2v) is 7.12. The molecule has 2 aliphatic carbocycles. The van der Waals surface area contributed by atoms with Gasteiger partial charge in [0.15, 0.2) is 0 Å². The molecule has 6 nitrogen and oxygen atoms in total. The maximum Gasteiger partial charge on any atom is 0.223 e. The van der Waals surface area contributed by atoms with Gasteiger partial charge in [0.1, 0.15) is 11.6 Å². The zero-order valence-electron chi connectivity index (χ0n) is 13.3. The summed E-state index contributed by atoms with van der Waals surface area (Å²) in [4.78, 5) is 11.1. The van der Waals surface area contributed by atoms with Crippen LogP contribution < -0.4 is 21.3 Å². The van der Waals surface area contributed by atoms with E-state index in [1.807, 2.05) is 7.05 Å². The molecule has 1 aliphatic heterocycles. The summed E-state index contributed by atoms with van der Waals surface area (Å²) in [6.45, 7) is 2.01. The minimum absolute atomic E-state index is 0.371. The van der Waals surface area contributed by atoms with Gasteiger partial charge >= 0.3 is 0 Å². The summed E-state index contributed by atoms with van der Waals surface area (Å²) in [6, 6.07) is 3.18. The van der Waals surface area contributed by atoms with E-state index in [9.17, 15) is 0 Å². The fraction of sp³-hybridized carbons (Fsp3) is 0.750. The zero-order chi connectivity index (χ0) is 15.1. The summed E-state index contributed by atoms with van der Waals surface area (Å²) >= 11 is 0. The lowest BCUT2D eigenvalue weighted by molar-refractivity contribution is 0.439. The van der Waals surface area contributed by atoms with Crippen LogP contribution in [0, 0.1) is 11.8 Å². The van der Waals surface area contributed by atoms with Crippen molar-refractivity contribution in [2.45, 2.75) is 44.2 Å². The van der Waals surface area contributed by atoms with E-state index in [1.165, 1.54) is 25.7 Å². The van der Waals surface area contributed by atoms with Gasteiger partial charge in [-0.3, -0.25) is 0 Å². The number of nitrogens with zero attached hydrogens (tertiary/aromatic N) is 3. The molecule has 2 bridgehead atoms. The summed E-state index contributed by atoms with van der Waals surface area (Å²) in [5, 5.41) is 6.97. The molecule has 1 saturated heterocycles. The summed E-state index contributed by atoms with van der Waals surface area (Å²) < 4.78 is 0. The topological polar surface area (TPSA) is 79.1 Å². The van der Waals surface area contributed by atoms with Crippen LogP contribution in [0.15, 0.2) is 6.07 Å². The number of aromatic nitrogens is 2. The maximum atomic E-state index is 5.94. The molecule has 2 heterocycles. The quantitative estimate of drug-likeness (QED) is 0.781. The molecule has 0 spiro atoms. The average molecular weight is 302 g/mol. The Hall–Kier alpha value is -1.56. The van der Waals surface area contributed by atoms with Gasteiger partial charge in [-0.1, -0.05) is 6.42 Å². The van der Waals surface area contributed by atoms with Crippen LogP contribution in [0.25, 0.3) is 0 Å². The van der Waals surface area contributed by atoms with E-state index in [4.69, 9.17) is 5.73 Å². The van der Waals surface area contributed by atoms with Crippen LogP contribution in [0.5, 0.6) is 0 Å². The molecule has 0 amide bonds. The van der Waals surface area contributed by atoms with Crippen molar-refractivity contribution in [2.75, 3.05) is 36.1 Å². The maximum absolute atomic E-state index is 5.94. The first-order chi connectivity index (χ1) is 10.7. The second kappa shape index (κ2) is 5.57. The lowest BCUT2D eigenvalue weighted by Gasteiger charge is -2.24. The molecule has 2 saturated carbocycles. The largest absolute Gasteiger partial charge is 0.368 e. The molecule has 0 radical (unpaired) electrons. The van der Waals surface area contributed by atoms with Gasteiger partial charge in [0.05, 0.1) is 0 Å². The molecule has 3 unspecified atom stereocenters. The van der Waals surface area contributed by atoms with Crippen LogP contribution in [0.2, 0.25) is 0 Å². The molecule has 4 atom stereocenters. The molecule has 4 N–H and O–H groups in total. The summed E-state index contributed by atoms with van der Waals surface area (Å²) in [7, 11) is 2.02. The Morgan fingerprint density at radius 3 is 2.82 bits per heavy atom. The van der Waals surface area contributed by atoms with Crippen LogP contribution in [0.1, 0.15) is 32.1 Å². The van der Waals surface area contributed by atoms with Crippen molar-refractivity contribution in [2.24, 2.45) is 11.8 Å². The molecular weight excluding hydrogens is 276 g/mol. The molecule has 6 heteroatoms. The lowest BCUT2D eigenvalue weighted by atomic mass is 9.95. The van der Waals surface area contributed by atoms with E-state index in [2.05, 4.69) is 31.6 Å². The minimum atomic E-state index is 0.371. The predicted molar refractivity (Wildman–Crippen MR) is 89.0 cm³/mol. The normalized spacial score (nSPS) is 33.6. The first kappa shape index (κ1) is 14.1. The molecule has 22 heavy (non-hydrogen) atoms. The molecule has 120 valence electrons. The number of hydrogen-bond donors (Lipinski definition) is 3. The van der Waals surface area contributed by atoms with E-state index in [-0.39, 0.29) is 0 Å². The number of likely N-dealkylation sites (N-methyl/N-ethyl adjacent to an activating group) is 1. The smallest absolute Gasteiger partial charge is 0.223 e. The van der Waals surface area contributed by atoms with Gasteiger partial charge in [-0.25, -0.2) is 0 Å². The number of nitrogens with two attached hydrogens (primary N) is 1. The zero-order valence-corrected chi connectivity index (χ0v) is 13.3. The summed E-state index contributed by atoms with van der Waals surface area (Å²) in [6.07, 6.45) is 6.61. The number of anilines is 3. The van der Waals surface area contributed by atoms with Crippen LogP contribution in [-0.4, -0.2) is 42.2 Å². The second-order valence-electron chi connectivity index (χ2n) is 7.12. The highest BCUT2D eigenvalue weighted by atomic mass is 15.3. The Kier molecular flexibility index (Phi) is 3.56. The molecule has 3 fully saturated rings. The molecule has 1 aromatic heterocycles. The van der Waals surface area contributed by atoms with Gasteiger partial charge < -0.3 is 21.3 Å². The fourth-order valence-electron chi connectivity index (χ4n) is 4.50. The molecule has 4 rings (SSSR count). The van der Waals surface area contributed by atoms with Gasteiger partial charge in [0, 0.05) is 31.2 Å². The molecule has 1 aromatic rings. The van der Waals surface area contributed by atoms with E-state index in [0.29, 0.717) is 18.0 Å². The van der Waals surface area contributed by atoms with Crippen molar-refractivity contribution in [3.05, 3.63) is 6.07 Å². The van der Waals surface area contributed by atoms with Gasteiger partial charge in [-0.15, -0.1) is 0 Å². The van der Waals surface area contributed by atoms with Crippen LogP contribution in [-0.2, 0) is 0 Å². The average Bonchev–Trinajstić information content (AvgIpc) is 3.23. The van der Waals surface area contributed by atoms with Crippen LogP contribution in [0.3, 0.4) is 0 Å². The van der Waals surface area contributed by atoms with Gasteiger partial charge in [0.2, 0.25) is 5.95 Å². The third-order valence-corrected chi connectivity index (χ3v) is 5.72. The SMILES string of the molecule is CN[C@@H]1CCN(c2cc(NC3CC4CCC3C4)nc(N)n2)C1. The summed E-state index contributed by atoms with van der Waals surface area (Å²) in [5.41, 5.74) is 5.94. The standard InChI is InChI=1S/C16H26N6/c1-18-12-4-5-22(9-12)15-8-14(20-16(17)21-15)19-13-7-10-2-3-11(13)6-10/h8,10-13,18H,2-7,9H2,1H3,(H3,17,19,20,21)/t10?,11?,12-,13?/m1/s1. The Bertz CT molecular complexity index is 547. The van der Waals surface area contributed by atoms with Gasteiger partial charge in [0.25, 0.3) is 0 Å². The third-order valence-electron chi connectivity index (χ3n) is 5.72. The monoisotopic (exact) mass is 302 g/mol. The predicted octanol–water partition coefficient (Wildman–Crippen LogP) is 1.46. The van der Waals surface area contributed by atoms with Crippen molar-refractivity contribution in [3.8, 4) is 0 Å². The van der Waals surface area contributed by atoms with Gasteiger partial charge in [-0.2, -0.15) is 9.97 Å². The molecule has 3 aliphatic rings. The Morgan fingerprint density at radius 1 is 1.23 bits per heavy atom. The number of fused-ring (bicyclic) bond motifs is 2.